The highest BCUT2D eigenvalue weighted by atomic mass is 79.9. The van der Waals surface area contributed by atoms with E-state index in [-0.39, 0.29) is 24.2 Å². The Kier molecular flexibility index (Phi) is 3.69. The maximum atomic E-state index is 13.9. The molecule has 18 heavy (non-hydrogen) atoms. The molecule has 3 N–H and O–H groups in total. The average Bonchev–Trinajstić information content (AvgIpc) is 2.67. The fraction of sp³-hybridized carbons (Fsp3) is 0.600. The molecule has 1 aliphatic rings. The lowest BCUT2D eigenvalue weighted by atomic mass is 10.0. The summed E-state index contributed by atoms with van der Waals surface area (Å²) in [6.45, 7) is -0.327. The topological polar surface area (TPSA) is 90.4 Å². The summed E-state index contributed by atoms with van der Waals surface area (Å²) >= 11 is 3.18. The molecule has 3 atom stereocenters. The summed E-state index contributed by atoms with van der Waals surface area (Å²) in [7, 11) is 0. The van der Waals surface area contributed by atoms with Gasteiger partial charge in [0.05, 0.1) is 6.61 Å². The number of nitrogens with zero attached hydrogens (tertiary/aromatic N) is 2. The number of aliphatic hydroxyl groups is 1. The zero-order chi connectivity index (χ0) is 13.3. The van der Waals surface area contributed by atoms with Crippen LogP contribution in [0.5, 0.6) is 0 Å². The van der Waals surface area contributed by atoms with Gasteiger partial charge < -0.3 is 15.6 Å². The first-order chi connectivity index (χ1) is 8.51. The summed E-state index contributed by atoms with van der Waals surface area (Å²) in [6, 6.07) is 1.39. The molecule has 1 aromatic heterocycles. The van der Waals surface area contributed by atoms with Crippen molar-refractivity contribution in [1.29, 1.82) is 0 Å². The molecule has 1 fully saturated rings. The van der Waals surface area contributed by atoms with E-state index in [1.807, 2.05) is 0 Å². The van der Waals surface area contributed by atoms with E-state index in [4.69, 9.17) is 10.5 Å². The van der Waals surface area contributed by atoms with Gasteiger partial charge in [-0.15, -0.1) is 0 Å². The Bertz CT molecular complexity index is 492. The maximum Gasteiger partial charge on any atom is 0.351 e. The van der Waals surface area contributed by atoms with Crippen LogP contribution < -0.4 is 11.4 Å². The largest absolute Gasteiger partial charge is 0.393 e. The van der Waals surface area contributed by atoms with Crippen molar-refractivity contribution in [3.63, 3.8) is 0 Å². The van der Waals surface area contributed by atoms with Gasteiger partial charge in [-0.05, 0) is 6.07 Å². The van der Waals surface area contributed by atoms with Gasteiger partial charge in [-0.3, -0.25) is 4.57 Å². The second-order valence-corrected chi connectivity index (χ2v) is 4.81. The predicted molar refractivity (Wildman–Crippen MR) is 66.2 cm³/mol. The molecule has 2 rings (SSSR count). The molecule has 0 aliphatic carbocycles. The average molecular weight is 322 g/mol. The van der Waals surface area contributed by atoms with E-state index < -0.39 is 23.7 Å². The van der Waals surface area contributed by atoms with E-state index in [0.717, 1.165) is 4.57 Å². The standard InChI is InChI=1S/C10H13BrFN3O3/c11-4-10(5-16)3-6(12)8(18-10)15-2-1-7(13)14-9(15)17/h1-2,6,8,16H,3-5H2,(H2,13,14,17)/t6-,8+,10+/m0/s1. The molecular formula is C10H13BrFN3O3. The van der Waals surface area contributed by atoms with Gasteiger partial charge in [0.1, 0.15) is 17.6 Å². The van der Waals surface area contributed by atoms with Crippen LogP contribution in [0.3, 0.4) is 0 Å². The first-order valence-electron chi connectivity index (χ1n) is 5.35. The van der Waals surface area contributed by atoms with Crippen molar-refractivity contribution in [1.82, 2.24) is 9.55 Å². The van der Waals surface area contributed by atoms with Crippen molar-refractivity contribution in [2.75, 3.05) is 17.7 Å². The minimum absolute atomic E-state index is 0.0102. The number of alkyl halides is 2. The van der Waals surface area contributed by atoms with Gasteiger partial charge in [-0.1, -0.05) is 15.9 Å². The summed E-state index contributed by atoms with van der Waals surface area (Å²) in [6.07, 6.45) is -1.13. The normalized spacial score (nSPS) is 31.7. The Morgan fingerprint density at radius 2 is 2.50 bits per heavy atom. The van der Waals surface area contributed by atoms with Crippen LogP contribution in [0, 0.1) is 0 Å². The van der Waals surface area contributed by atoms with Gasteiger partial charge in [0.15, 0.2) is 6.23 Å². The van der Waals surface area contributed by atoms with E-state index in [2.05, 4.69) is 20.9 Å². The summed E-state index contributed by atoms with van der Waals surface area (Å²) in [5, 5.41) is 9.55. The van der Waals surface area contributed by atoms with Crippen molar-refractivity contribution >= 4 is 21.7 Å². The van der Waals surface area contributed by atoms with Gasteiger partial charge in [-0.2, -0.15) is 4.98 Å². The number of aromatic nitrogens is 2. The summed E-state index contributed by atoms with van der Waals surface area (Å²) in [4.78, 5) is 15.1. The smallest absolute Gasteiger partial charge is 0.351 e. The second kappa shape index (κ2) is 4.94. The van der Waals surface area contributed by atoms with E-state index in [9.17, 15) is 14.3 Å². The second-order valence-electron chi connectivity index (χ2n) is 4.25. The molecular weight excluding hydrogens is 309 g/mol. The first-order valence-corrected chi connectivity index (χ1v) is 6.47. The zero-order valence-corrected chi connectivity index (χ0v) is 11.0. The fourth-order valence-electron chi connectivity index (χ4n) is 1.92. The van der Waals surface area contributed by atoms with Crippen molar-refractivity contribution in [3.8, 4) is 0 Å². The minimum Gasteiger partial charge on any atom is -0.393 e. The summed E-state index contributed by atoms with van der Waals surface area (Å²) in [5.41, 5.74) is 3.68. The highest BCUT2D eigenvalue weighted by molar-refractivity contribution is 9.09. The highest BCUT2D eigenvalue weighted by Gasteiger charge is 2.47. The summed E-state index contributed by atoms with van der Waals surface area (Å²) < 4.78 is 20.5. The Balaban J connectivity index is 2.32. The van der Waals surface area contributed by atoms with Gasteiger partial charge >= 0.3 is 5.69 Å². The number of ether oxygens (including phenoxy) is 1. The Morgan fingerprint density at radius 3 is 3.00 bits per heavy atom. The molecule has 0 bridgehead atoms. The van der Waals surface area contributed by atoms with Crippen LogP contribution in [-0.2, 0) is 4.74 Å². The lowest BCUT2D eigenvalue weighted by molar-refractivity contribution is -0.0918. The summed E-state index contributed by atoms with van der Waals surface area (Å²) in [5.74, 6) is 0.0681. The van der Waals surface area contributed by atoms with Crippen LogP contribution in [0.1, 0.15) is 12.6 Å². The maximum absolute atomic E-state index is 13.9. The minimum atomic E-state index is -1.39. The van der Waals surface area contributed by atoms with Gasteiger partial charge in [0.25, 0.3) is 0 Å². The van der Waals surface area contributed by atoms with Crippen molar-refractivity contribution < 1.29 is 14.2 Å². The van der Waals surface area contributed by atoms with Gasteiger partial charge in [0, 0.05) is 17.9 Å². The van der Waals surface area contributed by atoms with E-state index in [1.165, 1.54) is 12.3 Å². The number of hydrogen-bond donors (Lipinski definition) is 2. The van der Waals surface area contributed by atoms with Crippen LogP contribution in [-0.4, -0.2) is 38.4 Å². The highest BCUT2D eigenvalue weighted by Crippen LogP contribution is 2.38. The number of nitrogen functional groups attached to an aromatic ring is 1. The number of nitrogens with two attached hydrogens (primary N) is 1. The third kappa shape index (κ3) is 2.27. The third-order valence-electron chi connectivity index (χ3n) is 2.90. The quantitative estimate of drug-likeness (QED) is 0.777. The van der Waals surface area contributed by atoms with Crippen molar-refractivity contribution in [2.24, 2.45) is 0 Å². The molecule has 1 saturated heterocycles. The first kappa shape index (κ1) is 13.4. The van der Waals surface area contributed by atoms with E-state index in [1.54, 1.807) is 0 Å². The number of anilines is 1. The van der Waals surface area contributed by atoms with Crippen LogP contribution in [0.15, 0.2) is 17.1 Å². The van der Waals surface area contributed by atoms with E-state index in [0.29, 0.717) is 0 Å². The number of halogens is 2. The third-order valence-corrected chi connectivity index (χ3v) is 3.93. The molecule has 2 heterocycles. The number of aliphatic hydroxyl groups excluding tert-OH is 1. The number of hydrogen-bond acceptors (Lipinski definition) is 5. The van der Waals surface area contributed by atoms with E-state index >= 15 is 0 Å². The van der Waals surface area contributed by atoms with Crippen molar-refractivity contribution in [2.45, 2.75) is 24.4 Å². The Hall–Kier alpha value is -0.990. The van der Waals surface area contributed by atoms with Crippen LogP contribution in [0.4, 0.5) is 10.2 Å². The molecule has 0 radical (unpaired) electrons. The molecule has 6 nitrogen and oxygen atoms in total. The fourth-order valence-corrected chi connectivity index (χ4v) is 2.45. The molecule has 0 spiro atoms. The van der Waals surface area contributed by atoms with Crippen LogP contribution in [0.25, 0.3) is 0 Å². The van der Waals surface area contributed by atoms with Gasteiger partial charge in [-0.25, -0.2) is 9.18 Å². The molecule has 0 saturated carbocycles. The molecule has 0 unspecified atom stereocenters. The molecule has 0 aromatic carbocycles. The van der Waals surface area contributed by atoms with Crippen molar-refractivity contribution in [3.05, 3.63) is 22.7 Å². The predicted octanol–water partition coefficient (Wildman–Crippen LogP) is 0.209. The molecule has 1 aliphatic heterocycles. The zero-order valence-electron chi connectivity index (χ0n) is 9.42. The molecule has 0 amide bonds. The van der Waals surface area contributed by atoms with Crippen LogP contribution >= 0.6 is 15.9 Å². The Labute approximate surface area is 111 Å². The SMILES string of the molecule is Nc1ccn([C@@H]2O[C@@](CO)(CBr)C[C@@H]2F)c(=O)n1. The number of rotatable bonds is 3. The lowest BCUT2D eigenvalue weighted by Gasteiger charge is -2.24. The van der Waals surface area contributed by atoms with Crippen LogP contribution in [0.2, 0.25) is 0 Å². The monoisotopic (exact) mass is 321 g/mol. The lowest BCUT2D eigenvalue weighted by Crippen LogP contribution is -2.36. The molecule has 1 aromatic rings. The van der Waals surface area contributed by atoms with Gasteiger partial charge in [0.2, 0.25) is 0 Å². The molecule has 100 valence electrons. The molecule has 8 heteroatoms. The Morgan fingerprint density at radius 1 is 1.78 bits per heavy atom.